The molecule has 1 aliphatic rings. The number of benzene rings is 1. The minimum absolute atomic E-state index is 0.719. The molecule has 0 aliphatic heterocycles. The van der Waals surface area contributed by atoms with Gasteiger partial charge < -0.3 is 0 Å². The third-order valence-electron chi connectivity index (χ3n) is 2.89. The summed E-state index contributed by atoms with van der Waals surface area (Å²) >= 11 is 1.36. The molecule has 2 aromatic rings. The van der Waals surface area contributed by atoms with E-state index in [1.54, 1.807) is 5.51 Å². The van der Waals surface area contributed by atoms with Gasteiger partial charge in [0.1, 0.15) is 5.51 Å². The van der Waals surface area contributed by atoms with Crippen LogP contribution >= 0.6 is 11.5 Å². The van der Waals surface area contributed by atoms with Gasteiger partial charge in [0, 0.05) is 5.57 Å². The van der Waals surface area contributed by atoms with E-state index in [-0.39, 0.29) is 0 Å². The maximum Gasteiger partial charge on any atom is 0.173 e. The molecule has 82 valence electrons. The molecule has 0 saturated heterocycles. The zero-order valence-corrected chi connectivity index (χ0v) is 9.87. The van der Waals surface area contributed by atoms with Gasteiger partial charge >= 0.3 is 0 Å². The standard InChI is InChI=1S/C13H9N3S/c14-7-9-4-5-11-10(6-9)2-1-3-12(11)13-15-8-17-16-13/h3-6,8H,1-2H2. The largest absolute Gasteiger partial charge is 0.223 e. The van der Waals surface area contributed by atoms with Crippen LogP contribution in [0.25, 0.3) is 5.57 Å². The Bertz CT molecular complexity index is 621. The molecule has 4 heteroatoms. The summed E-state index contributed by atoms with van der Waals surface area (Å²) in [6.45, 7) is 0. The van der Waals surface area contributed by atoms with E-state index in [1.807, 2.05) is 18.2 Å². The Kier molecular flexibility index (Phi) is 2.46. The molecule has 1 aromatic heterocycles. The maximum absolute atomic E-state index is 8.90. The second-order valence-corrected chi connectivity index (χ2v) is 4.50. The first-order valence-electron chi connectivity index (χ1n) is 5.39. The van der Waals surface area contributed by atoms with Gasteiger partial charge in [0.2, 0.25) is 0 Å². The van der Waals surface area contributed by atoms with Crippen LogP contribution in [0.4, 0.5) is 0 Å². The molecule has 1 aromatic carbocycles. The van der Waals surface area contributed by atoms with Crippen LogP contribution < -0.4 is 0 Å². The molecule has 17 heavy (non-hydrogen) atoms. The Morgan fingerprint density at radius 3 is 3.06 bits per heavy atom. The molecule has 1 aliphatic carbocycles. The van der Waals surface area contributed by atoms with Gasteiger partial charge in [-0.1, -0.05) is 12.1 Å². The summed E-state index contributed by atoms with van der Waals surface area (Å²) in [5.74, 6) is 0.792. The van der Waals surface area contributed by atoms with Crippen LogP contribution in [0.1, 0.15) is 28.9 Å². The highest BCUT2D eigenvalue weighted by atomic mass is 32.1. The molecule has 3 nitrogen and oxygen atoms in total. The lowest BCUT2D eigenvalue weighted by Gasteiger charge is -2.15. The second kappa shape index (κ2) is 4.11. The Hall–Kier alpha value is -1.99. The van der Waals surface area contributed by atoms with E-state index < -0.39 is 0 Å². The number of allylic oxidation sites excluding steroid dienone is 1. The minimum Gasteiger partial charge on any atom is -0.223 e. The van der Waals surface area contributed by atoms with Crippen molar-refractivity contribution in [3.05, 3.63) is 52.3 Å². The number of nitriles is 1. The Balaban J connectivity index is 2.12. The third kappa shape index (κ3) is 1.75. The number of aromatic nitrogens is 2. The summed E-state index contributed by atoms with van der Waals surface area (Å²) in [5.41, 5.74) is 5.94. The fourth-order valence-electron chi connectivity index (χ4n) is 2.12. The topological polar surface area (TPSA) is 49.6 Å². The number of hydrogen-bond donors (Lipinski definition) is 0. The molecule has 0 saturated carbocycles. The van der Waals surface area contributed by atoms with Crippen molar-refractivity contribution in [1.29, 1.82) is 5.26 Å². The molecule has 0 spiro atoms. The number of rotatable bonds is 1. The van der Waals surface area contributed by atoms with Crippen molar-refractivity contribution in [2.24, 2.45) is 0 Å². The highest BCUT2D eigenvalue weighted by Crippen LogP contribution is 2.30. The van der Waals surface area contributed by atoms with E-state index in [1.165, 1.54) is 17.1 Å². The van der Waals surface area contributed by atoms with Crippen molar-refractivity contribution in [2.75, 3.05) is 0 Å². The van der Waals surface area contributed by atoms with Gasteiger partial charge in [0.15, 0.2) is 5.82 Å². The molecular weight excluding hydrogens is 230 g/mol. The van der Waals surface area contributed by atoms with Gasteiger partial charge in [0.05, 0.1) is 11.6 Å². The summed E-state index contributed by atoms with van der Waals surface area (Å²) in [6.07, 6.45) is 4.14. The van der Waals surface area contributed by atoms with Crippen molar-refractivity contribution in [3.63, 3.8) is 0 Å². The molecule has 0 N–H and O–H groups in total. The van der Waals surface area contributed by atoms with Gasteiger partial charge in [-0.05, 0) is 47.6 Å². The van der Waals surface area contributed by atoms with Crippen molar-refractivity contribution in [2.45, 2.75) is 12.8 Å². The number of nitrogens with zero attached hydrogens (tertiary/aromatic N) is 3. The van der Waals surface area contributed by atoms with Crippen LogP contribution in [-0.4, -0.2) is 9.36 Å². The molecular formula is C13H9N3S. The van der Waals surface area contributed by atoms with E-state index in [0.717, 1.165) is 35.4 Å². The van der Waals surface area contributed by atoms with Gasteiger partial charge in [-0.2, -0.15) is 9.64 Å². The van der Waals surface area contributed by atoms with E-state index in [9.17, 15) is 0 Å². The Morgan fingerprint density at radius 1 is 1.35 bits per heavy atom. The summed E-state index contributed by atoms with van der Waals surface area (Å²) < 4.78 is 4.28. The fraction of sp³-hybridized carbons (Fsp3) is 0.154. The zero-order chi connectivity index (χ0) is 11.7. The lowest BCUT2D eigenvalue weighted by atomic mass is 9.89. The summed E-state index contributed by atoms with van der Waals surface area (Å²) in [6, 6.07) is 8.00. The fourth-order valence-corrected chi connectivity index (χ4v) is 2.56. The molecule has 0 radical (unpaired) electrons. The average Bonchev–Trinajstić information content (AvgIpc) is 2.91. The summed E-state index contributed by atoms with van der Waals surface area (Å²) in [7, 11) is 0. The smallest absolute Gasteiger partial charge is 0.173 e. The normalized spacial score (nSPS) is 13.7. The lowest BCUT2D eigenvalue weighted by molar-refractivity contribution is 0.971. The summed E-state index contributed by atoms with van der Waals surface area (Å²) in [5, 5.41) is 8.90. The molecule has 0 amide bonds. The van der Waals surface area contributed by atoms with Crippen molar-refractivity contribution in [1.82, 2.24) is 9.36 Å². The molecule has 1 heterocycles. The predicted molar refractivity (Wildman–Crippen MR) is 66.5 cm³/mol. The molecule has 0 atom stereocenters. The van der Waals surface area contributed by atoms with Crippen LogP contribution in [0.3, 0.4) is 0 Å². The zero-order valence-electron chi connectivity index (χ0n) is 9.05. The van der Waals surface area contributed by atoms with E-state index in [0.29, 0.717) is 0 Å². The van der Waals surface area contributed by atoms with Crippen LogP contribution in [0.2, 0.25) is 0 Å². The average molecular weight is 239 g/mol. The van der Waals surface area contributed by atoms with Gasteiger partial charge in [-0.25, -0.2) is 4.98 Å². The van der Waals surface area contributed by atoms with Gasteiger partial charge in [-0.15, -0.1) is 0 Å². The van der Waals surface area contributed by atoms with E-state index in [2.05, 4.69) is 21.5 Å². The third-order valence-corrected chi connectivity index (χ3v) is 3.37. The monoisotopic (exact) mass is 239 g/mol. The summed E-state index contributed by atoms with van der Waals surface area (Å²) in [4.78, 5) is 4.26. The van der Waals surface area contributed by atoms with Crippen LogP contribution in [-0.2, 0) is 6.42 Å². The highest BCUT2D eigenvalue weighted by molar-refractivity contribution is 7.03. The first-order chi connectivity index (χ1) is 8.38. The predicted octanol–water partition coefficient (Wildman–Crippen LogP) is 2.79. The maximum atomic E-state index is 8.90. The number of aryl methyl sites for hydroxylation is 1. The number of hydrogen-bond acceptors (Lipinski definition) is 4. The molecule has 0 bridgehead atoms. The van der Waals surface area contributed by atoms with Crippen LogP contribution in [0.15, 0.2) is 29.8 Å². The lowest BCUT2D eigenvalue weighted by Crippen LogP contribution is -2.02. The van der Waals surface area contributed by atoms with E-state index >= 15 is 0 Å². The van der Waals surface area contributed by atoms with Crippen LogP contribution in [0.5, 0.6) is 0 Å². The first-order valence-corrected chi connectivity index (χ1v) is 6.22. The van der Waals surface area contributed by atoms with Crippen molar-refractivity contribution >= 4 is 17.1 Å². The van der Waals surface area contributed by atoms with Crippen molar-refractivity contribution < 1.29 is 0 Å². The van der Waals surface area contributed by atoms with Crippen molar-refractivity contribution in [3.8, 4) is 6.07 Å². The Morgan fingerprint density at radius 2 is 2.29 bits per heavy atom. The van der Waals surface area contributed by atoms with Gasteiger partial charge in [-0.3, -0.25) is 0 Å². The highest BCUT2D eigenvalue weighted by Gasteiger charge is 2.16. The van der Waals surface area contributed by atoms with Crippen LogP contribution in [0, 0.1) is 11.3 Å². The Labute approximate surface area is 103 Å². The first kappa shape index (κ1) is 10.2. The number of fused-ring (bicyclic) bond motifs is 1. The van der Waals surface area contributed by atoms with E-state index in [4.69, 9.17) is 5.26 Å². The quantitative estimate of drug-likeness (QED) is 0.768. The second-order valence-electron chi connectivity index (χ2n) is 3.90. The SMILES string of the molecule is N#Cc1ccc2c(c1)CCC=C2c1ncsn1. The molecule has 3 rings (SSSR count). The van der Waals surface area contributed by atoms with Gasteiger partial charge in [0.25, 0.3) is 0 Å². The molecule has 0 unspecified atom stereocenters. The molecule has 0 fully saturated rings. The minimum atomic E-state index is 0.719.